The number of carboxylic acid groups (broad SMARTS) is 1. The fourth-order valence-electron chi connectivity index (χ4n) is 0.238. The van der Waals surface area contributed by atoms with E-state index in [9.17, 15) is 4.79 Å². The summed E-state index contributed by atoms with van der Waals surface area (Å²) in [5.74, 6) is -0.672. The fourth-order valence-corrected chi connectivity index (χ4v) is 0.714. The van der Waals surface area contributed by atoms with Gasteiger partial charge in [0.15, 0.2) is 0 Å². The van der Waals surface area contributed by atoms with Crippen LogP contribution in [0.3, 0.4) is 0 Å². The first-order valence-corrected chi connectivity index (χ1v) is 3.50. The van der Waals surface area contributed by atoms with E-state index < -0.39 is 12.0 Å². The van der Waals surface area contributed by atoms with Crippen molar-refractivity contribution in [2.75, 3.05) is 12.0 Å². The predicted molar refractivity (Wildman–Crippen MR) is 40.5 cm³/mol. The molecule has 59 valence electrons. The van der Waals surface area contributed by atoms with Crippen LogP contribution in [0.2, 0.25) is 0 Å². The average Bonchev–Trinajstić information content (AvgIpc) is 1.67. The smallest absolute Gasteiger partial charge is 0.665 e. The Morgan fingerprint density at radius 2 is 2.20 bits per heavy atom. The summed E-state index contributed by atoms with van der Waals surface area (Å²) in [4.78, 5) is 9.89. The van der Waals surface area contributed by atoms with Crippen LogP contribution in [0.25, 0.3) is 5.73 Å². The van der Waals surface area contributed by atoms with Gasteiger partial charge >= 0.3 is 18.6 Å². The van der Waals surface area contributed by atoms with Gasteiger partial charge in [0.2, 0.25) is 0 Å². The van der Waals surface area contributed by atoms with Gasteiger partial charge in [0, 0.05) is 0 Å². The molecule has 2 N–H and O–H groups in total. The Bertz CT molecular complexity index is 91.7. The average molecular weight is 200 g/mol. The normalized spacial score (nSPS) is 10.6. The van der Waals surface area contributed by atoms with Gasteiger partial charge in [-0.05, 0) is 18.1 Å². The molecule has 0 saturated carbocycles. The number of thioether (sulfide) groups is 1. The van der Waals surface area contributed by atoms with Crippen molar-refractivity contribution >= 4 is 17.7 Å². The van der Waals surface area contributed by atoms with E-state index in [0.29, 0.717) is 5.75 Å². The van der Waals surface area contributed by atoms with Crippen molar-refractivity contribution in [3.05, 3.63) is 13.2 Å². The minimum atomic E-state index is -1.04. The molecule has 0 bridgehead atoms. The van der Waals surface area contributed by atoms with Crippen LogP contribution in [-0.2, 0) is 23.4 Å². The molecule has 0 aromatic rings. The summed E-state index contributed by atoms with van der Waals surface area (Å²) in [6.45, 7) is 0. The monoisotopic (exact) mass is 200 g/mol. The number of hydrogen-bond acceptors (Lipinski definition) is 2. The maximum absolute atomic E-state index is 9.89. The van der Waals surface area contributed by atoms with E-state index in [2.05, 4.69) is 0 Å². The second kappa shape index (κ2) is 9.36. The Balaban J connectivity index is -0.000000245. The minimum Gasteiger partial charge on any atom is -0.665 e. The second-order valence-corrected chi connectivity index (χ2v) is 2.26. The van der Waals surface area contributed by atoms with Crippen molar-refractivity contribution < 1.29 is 28.5 Å². The van der Waals surface area contributed by atoms with Gasteiger partial charge in [0.25, 0.3) is 5.97 Å². The molecule has 10 heavy (non-hydrogen) atoms. The Morgan fingerprint density at radius 1 is 1.80 bits per heavy atom. The van der Waals surface area contributed by atoms with E-state index in [4.69, 9.17) is 10.8 Å². The van der Waals surface area contributed by atoms with Crippen LogP contribution >= 0.6 is 11.8 Å². The standard InChI is InChI=1S/C4H8NO2S.CH3.V/c1-8-2-3(5)4(6)7;;/h3,5H,2H2,1H3,(H,6,7);1H3;/q2*-1;+2. The molecule has 3 nitrogen and oxygen atoms in total. The van der Waals surface area contributed by atoms with Crippen LogP contribution in [0.1, 0.15) is 0 Å². The van der Waals surface area contributed by atoms with Crippen molar-refractivity contribution in [2.24, 2.45) is 0 Å². The van der Waals surface area contributed by atoms with E-state index in [1.54, 1.807) is 6.26 Å². The molecule has 0 saturated heterocycles. The third-order valence-corrected chi connectivity index (χ3v) is 1.30. The molecule has 0 aliphatic carbocycles. The number of nitrogens with one attached hydrogen (secondary N) is 1. The summed E-state index contributed by atoms with van der Waals surface area (Å²) in [7, 11) is 0. The molecule has 0 aromatic heterocycles. The number of hydrogen-bond donors (Lipinski definition) is 1. The molecule has 1 atom stereocenters. The van der Waals surface area contributed by atoms with Crippen LogP contribution in [0.15, 0.2) is 0 Å². The van der Waals surface area contributed by atoms with Crippen molar-refractivity contribution in [2.45, 2.75) is 6.04 Å². The first-order chi connectivity index (χ1) is 3.68. The van der Waals surface area contributed by atoms with Crippen molar-refractivity contribution in [3.63, 3.8) is 0 Å². The number of carboxylic acids is 1. The zero-order valence-corrected chi connectivity index (χ0v) is 8.21. The maximum Gasteiger partial charge on any atom is 2.00 e. The van der Waals surface area contributed by atoms with Crippen LogP contribution < -0.4 is 0 Å². The molecule has 0 heterocycles. The van der Waals surface area contributed by atoms with E-state index in [1.807, 2.05) is 0 Å². The number of carbonyl (C=O) groups is 1. The van der Waals surface area contributed by atoms with Crippen LogP contribution in [0.5, 0.6) is 0 Å². The number of aliphatic carboxylic acids is 1. The molecule has 0 rings (SSSR count). The summed E-state index contributed by atoms with van der Waals surface area (Å²) in [5, 5.41) is 8.11. The van der Waals surface area contributed by atoms with Gasteiger partial charge in [0.1, 0.15) is 0 Å². The largest absolute Gasteiger partial charge is 2.00 e. The first-order valence-electron chi connectivity index (χ1n) is 2.11. The summed E-state index contributed by atoms with van der Waals surface area (Å²) in [6.07, 6.45) is 1.78. The minimum absolute atomic E-state index is 0. The summed E-state index contributed by atoms with van der Waals surface area (Å²) < 4.78 is 0. The second-order valence-electron chi connectivity index (χ2n) is 1.35. The Morgan fingerprint density at radius 3 is 2.30 bits per heavy atom. The van der Waals surface area contributed by atoms with Crippen molar-refractivity contribution in [3.8, 4) is 0 Å². The molecule has 0 aliphatic heterocycles. The molecule has 0 aliphatic rings. The molecule has 1 radical (unpaired) electrons. The number of rotatable bonds is 3. The molecule has 0 fully saturated rings. The first kappa shape index (κ1) is 16.8. The van der Waals surface area contributed by atoms with Crippen molar-refractivity contribution in [1.29, 1.82) is 0 Å². The Hall–Kier alpha value is 0.364. The molecular weight excluding hydrogens is 189 g/mol. The predicted octanol–water partition coefficient (Wildman–Crippen LogP) is 1.30. The third-order valence-electron chi connectivity index (χ3n) is 0.631. The van der Waals surface area contributed by atoms with Crippen molar-refractivity contribution in [1.82, 2.24) is 0 Å². The molecule has 0 aromatic carbocycles. The van der Waals surface area contributed by atoms with Gasteiger partial charge in [-0.25, -0.2) is 0 Å². The zero-order chi connectivity index (χ0) is 6.57. The van der Waals surface area contributed by atoms with Gasteiger partial charge in [-0.15, -0.1) is 0 Å². The van der Waals surface area contributed by atoms with E-state index in [1.165, 1.54) is 11.8 Å². The van der Waals surface area contributed by atoms with Crippen LogP contribution in [0, 0.1) is 7.43 Å². The molecule has 0 spiro atoms. The summed E-state index contributed by atoms with van der Waals surface area (Å²) in [5.41, 5.74) is 6.81. The van der Waals surface area contributed by atoms with E-state index in [0.717, 1.165) is 0 Å². The van der Waals surface area contributed by atoms with Crippen LogP contribution in [0.4, 0.5) is 0 Å². The Kier molecular flexibility index (Phi) is 15.7. The van der Waals surface area contributed by atoms with Crippen LogP contribution in [-0.4, -0.2) is 29.1 Å². The quantitative estimate of drug-likeness (QED) is 0.698. The van der Waals surface area contributed by atoms with Gasteiger partial charge in [-0.1, -0.05) is 0 Å². The van der Waals surface area contributed by atoms with Gasteiger partial charge in [-0.2, -0.15) is 11.8 Å². The van der Waals surface area contributed by atoms with E-state index in [-0.39, 0.29) is 26.0 Å². The molecule has 1 unspecified atom stereocenters. The Labute approximate surface area is 77.6 Å². The van der Waals surface area contributed by atoms with Gasteiger partial charge in [-0.3, -0.25) is 4.79 Å². The molecule has 0 amide bonds. The summed E-state index contributed by atoms with van der Waals surface area (Å²) in [6, 6.07) is -0.954. The topological polar surface area (TPSA) is 61.1 Å². The molecular formula is C5H11NO2SV. The maximum atomic E-state index is 9.89. The van der Waals surface area contributed by atoms with E-state index >= 15 is 0 Å². The zero-order valence-electron chi connectivity index (χ0n) is 6.00. The SMILES string of the molecule is CSCC([NH-])C(=O)O.[CH3-].[V+2]. The molecule has 5 heteroatoms. The van der Waals surface area contributed by atoms with Gasteiger partial charge in [0.05, 0.1) is 0 Å². The fraction of sp³-hybridized carbons (Fsp3) is 0.600. The summed E-state index contributed by atoms with van der Waals surface area (Å²) >= 11 is 1.37. The third kappa shape index (κ3) is 8.36. The van der Waals surface area contributed by atoms with Gasteiger partial charge < -0.3 is 18.3 Å².